The van der Waals surface area contributed by atoms with E-state index in [4.69, 9.17) is 11.6 Å². The minimum Gasteiger partial charge on any atom is -0.355 e. The SMILES string of the molecule is O=C(c1ccccc1)C1CCN(c2ncnc3[nH]c(=O)[nH]c23)CC1.O=c1[nH]c2ncnc(Cl)c2[nH]1. The number of benzene rings is 1. The van der Waals surface area contributed by atoms with Crippen molar-refractivity contribution in [3.05, 3.63) is 74.7 Å². The number of fused-ring (bicyclic) bond motifs is 2. The van der Waals surface area contributed by atoms with Gasteiger partial charge >= 0.3 is 11.4 Å². The van der Waals surface area contributed by atoms with Gasteiger partial charge in [-0.05, 0) is 12.8 Å². The summed E-state index contributed by atoms with van der Waals surface area (Å²) in [6.45, 7) is 1.45. The molecule has 35 heavy (non-hydrogen) atoms. The molecule has 0 unspecified atom stereocenters. The number of aromatic nitrogens is 8. The highest BCUT2D eigenvalue weighted by Gasteiger charge is 2.27. The number of carbonyl (C=O) groups is 1. The van der Waals surface area contributed by atoms with E-state index in [0.29, 0.717) is 28.1 Å². The maximum absolute atomic E-state index is 12.6. The summed E-state index contributed by atoms with van der Waals surface area (Å²) in [6.07, 6.45) is 4.28. The standard InChI is InChI=1S/C17H17N5O2.C5H3ClN4O/c23-14(11-4-2-1-3-5-11)12-6-8-22(9-7-12)16-13-15(18-10-19-16)21-17(24)20-13;6-3-2-4(8-1-7-3)10-5(11)9-2/h1-5,10,12H,6-9H2,(H2,18,19,20,21,24);1H,(H2,7,8,9,10,11). The Bertz CT molecular complexity index is 1600. The van der Waals surface area contributed by atoms with Gasteiger partial charge in [0.2, 0.25) is 0 Å². The van der Waals surface area contributed by atoms with Gasteiger partial charge in [0.1, 0.15) is 23.7 Å². The molecule has 4 aromatic heterocycles. The van der Waals surface area contributed by atoms with Gasteiger partial charge in [-0.15, -0.1) is 0 Å². The Labute approximate surface area is 201 Å². The molecule has 1 aliphatic rings. The van der Waals surface area contributed by atoms with Crippen molar-refractivity contribution >= 4 is 45.5 Å². The first-order chi connectivity index (χ1) is 17.0. The molecule has 0 spiro atoms. The molecule has 0 radical (unpaired) electrons. The fourth-order valence-electron chi connectivity index (χ4n) is 4.09. The molecule has 1 aliphatic heterocycles. The number of aromatic amines is 4. The van der Waals surface area contributed by atoms with Crippen LogP contribution in [-0.2, 0) is 0 Å². The zero-order valence-corrected chi connectivity index (χ0v) is 19.0. The van der Waals surface area contributed by atoms with E-state index in [-0.39, 0.29) is 28.2 Å². The van der Waals surface area contributed by atoms with Crippen molar-refractivity contribution in [2.45, 2.75) is 12.8 Å². The molecule has 6 rings (SSSR count). The smallest absolute Gasteiger partial charge is 0.325 e. The van der Waals surface area contributed by atoms with Crippen LogP contribution >= 0.6 is 11.6 Å². The van der Waals surface area contributed by atoms with Gasteiger partial charge in [-0.25, -0.2) is 29.5 Å². The lowest BCUT2D eigenvalue weighted by atomic mass is 9.89. The summed E-state index contributed by atoms with van der Waals surface area (Å²) < 4.78 is 0. The summed E-state index contributed by atoms with van der Waals surface area (Å²) in [5.41, 5.74) is 2.15. The molecule has 5 heterocycles. The molecule has 0 aliphatic carbocycles. The number of imidazole rings is 2. The lowest BCUT2D eigenvalue weighted by molar-refractivity contribution is 0.0900. The Balaban J connectivity index is 0.000000192. The van der Waals surface area contributed by atoms with Crippen LogP contribution in [0, 0.1) is 5.92 Å². The van der Waals surface area contributed by atoms with Crippen LogP contribution in [0.1, 0.15) is 23.2 Å². The molecular formula is C22H20ClN9O3. The van der Waals surface area contributed by atoms with Crippen molar-refractivity contribution in [1.29, 1.82) is 0 Å². The predicted octanol–water partition coefficient (Wildman–Crippen LogP) is 2.05. The first-order valence-electron chi connectivity index (χ1n) is 10.9. The lowest BCUT2D eigenvalue weighted by Gasteiger charge is -2.32. The molecule has 178 valence electrons. The van der Waals surface area contributed by atoms with Crippen molar-refractivity contribution in [3.63, 3.8) is 0 Å². The Morgan fingerprint density at radius 2 is 1.43 bits per heavy atom. The van der Waals surface area contributed by atoms with Gasteiger partial charge in [-0.1, -0.05) is 41.9 Å². The molecule has 1 aromatic carbocycles. The van der Waals surface area contributed by atoms with E-state index in [1.165, 1.54) is 12.7 Å². The van der Waals surface area contributed by atoms with Gasteiger partial charge in [0, 0.05) is 24.6 Å². The maximum Gasteiger partial charge on any atom is 0.325 e. The van der Waals surface area contributed by atoms with E-state index in [2.05, 4.69) is 44.8 Å². The van der Waals surface area contributed by atoms with Gasteiger partial charge in [-0.2, -0.15) is 0 Å². The molecule has 13 heteroatoms. The van der Waals surface area contributed by atoms with Crippen molar-refractivity contribution in [2.75, 3.05) is 18.0 Å². The molecule has 0 amide bonds. The molecule has 12 nitrogen and oxygen atoms in total. The first-order valence-corrected chi connectivity index (χ1v) is 11.2. The number of hydrogen-bond acceptors (Lipinski definition) is 8. The van der Waals surface area contributed by atoms with Crippen LogP contribution in [0.15, 0.2) is 52.6 Å². The van der Waals surface area contributed by atoms with Crippen LogP contribution < -0.4 is 16.3 Å². The number of Topliss-reactive ketones (excluding diaryl/α,β-unsaturated/α-hetero) is 1. The number of anilines is 1. The van der Waals surface area contributed by atoms with E-state index < -0.39 is 0 Å². The highest BCUT2D eigenvalue weighted by molar-refractivity contribution is 6.33. The molecule has 0 bridgehead atoms. The minimum atomic E-state index is -0.331. The van der Waals surface area contributed by atoms with Crippen molar-refractivity contribution in [2.24, 2.45) is 5.92 Å². The second-order valence-electron chi connectivity index (χ2n) is 7.96. The first kappa shape index (κ1) is 22.5. The van der Waals surface area contributed by atoms with E-state index in [9.17, 15) is 14.4 Å². The van der Waals surface area contributed by atoms with Gasteiger partial charge in [0.25, 0.3) is 0 Å². The van der Waals surface area contributed by atoms with Gasteiger partial charge in [0.05, 0.1) is 0 Å². The van der Waals surface area contributed by atoms with Crippen LogP contribution in [0.25, 0.3) is 22.3 Å². The average Bonchev–Trinajstić information content (AvgIpc) is 3.46. The summed E-state index contributed by atoms with van der Waals surface area (Å²) in [4.78, 5) is 63.0. The normalized spacial score (nSPS) is 14.1. The van der Waals surface area contributed by atoms with Gasteiger partial charge in [-0.3, -0.25) is 14.8 Å². The largest absolute Gasteiger partial charge is 0.355 e. The Hall–Kier alpha value is -4.32. The molecule has 1 fully saturated rings. The molecule has 5 aromatic rings. The van der Waals surface area contributed by atoms with E-state index in [1.807, 2.05) is 30.3 Å². The Kier molecular flexibility index (Phi) is 6.10. The number of carbonyl (C=O) groups excluding carboxylic acids is 1. The second-order valence-corrected chi connectivity index (χ2v) is 8.32. The molecule has 0 atom stereocenters. The maximum atomic E-state index is 12.6. The van der Waals surface area contributed by atoms with E-state index in [1.54, 1.807) is 0 Å². The third-order valence-electron chi connectivity index (χ3n) is 5.79. The van der Waals surface area contributed by atoms with Crippen LogP contribution in [0.5, 0.6) is 0 Å². The number of H-pyrrole nitrogens is 4. The summed E-state index contributed by atoms with van der Waals surface area (Å²) in [7, 11) is 0. The lowest BCUT2D eigenvalue weighted by Crippen LogP contribution is -2.37. The topological polar surface area (TPSA) is 169 Å². The van der Waals surface area contributed by atoms with Crippen LogP contribution in [0.4, 0.5) is 5.82 Å². The summed E-state index contributed by atoms with van der Waals surface area (Å²) in [6, 6.07) is 9.43. The van der Waals surface area contributed by atoms with Gasteiger partial charge in [0.15, 0.2) is 28.0 Å². The quantitative estimate of drug-likeness (QED) is 0.218. The number of nitrogens with one attached hydrogen (secondary N) is 4. The second kappa shape index (κ2) is 9.50. The van der Waals surface area contributed by atoms with Crippen molar-refractivity contribution in [1.82, 2.24) is 39.9 Å². The summed E-state index contributed by atoms with van der Waals surface area (Å²) in [5.74, 6) is 0.952. The van der Waals surface area contributed by atoms with Crippen molar-refractivity contribution in [3.8, 4) is 0 Å². The highest BCUT2D eigenvalue weighted by atomic mass is 35.5. The molecule has 1 saturated heterocycles. The summed E-state index contributed by atoms with van der Waals surface area (Å²) >= 11 is 5.63. The molecular weight excluding hydrogens is 474 g/mol. The zero-order chi connectivity index (χ0) is 24.4. The third kappa shape index (κ3) is 4.68. The van der Waals surface area contributed by atoms with E-state index in [0.717, 1.165) is 31.5 Å². The number of piperidine rings is 1. The van der Waals surface area contributed by atoms with Crippen molar-refractivity contribution < 1.29 is 4.79 Å². The predicted molar refractivity (Wildman–Crippen MR) is 130 cm³/mol. The summed E-state index contributed by atoms with van der Waals surface area (Å²) in [5, 5.41) is 0.244. The Morgan fingerprint density at radius 3 is 2.09 bits per heavy atom. The molecule has 4 N–H and O–H groups in total. The number of nitrogens with zero attached hydrogens (tertiary/aromatic N) is 5. The minimum absolute atomic E-state index is 0.0336. The zero-order valence-electron chi connectivity index (χ0n) is 18.3. The number of hydrogen-bond donors (Lipinski definition) is 4. The fourth-order valence-corrected chi connectivity index (χ4v) is 4.27. The van der Waals surface area contributed by atoms with E-state index >= 15 is 0 Å². The number of rotatable bonds is 3. The number of ketones is 1. The highest BCUT2D eigenvalue weighted by Crippen LogP contribution is 2.27. The monoisotopic (exact) mass is 493 g/mol. The van der Waals surface area contributed by atoms with Crippen LogP contribution in [-0.4, -0.2) is 58.7 Å². The third-order valence-corrected chi connectivity index (χ3v) is 6.08. The van der Waals surface area contributed by atoms with Crippen LogP contribution in [0.2, 0.25) is 5.15 Å². The Morgan fingerprint density at radius 1 is 0.829 bits per heavy atom. The average molecular weight is 494 g/mol. The number of halogens is 1. The fraction of sp³-hybridized carbons (Fsp3) is 0.227. The van der Waals surface area contributed by atoms with Gasteiger partial charge < -0.3 is 14.9 Å². The molecule has 0 saturated carbocycles. The van der Waals surface area contributed by atoms with Crippen LogP contribution in [0.3, 0.4) is 0 Å².